The summed E-state index contributed by atoms with van der Waals surface area (Å²) in [4.78, 5) is 16.4. The molecule has 1 aromatic carbocycles. The van der Waals surface area contributed by atoms with Crippen LogP contribution in [0.3, 0.4) is 0 Å². The summed E-state index contributed by atoms with van der Waals surface area (Å²) < 4.78 is 20.7. The molecule has 0 aliphatic carbocycles. The summed E-state index contributed by atoms with van der Waals surface area (Å²) in [5.74, 6) is -0.539. The molecule has 3 heterocycles. The zero-order valence-corrected chi connectivity index (χ0v) is 13.7. The van der Waals surface area contributed by atoms with Gasteiger partial charge in [-0.1, -0.05) is 0 Å². The lowest BCUT2D eigenvalue weighted by Gasteiger charge is -2.03. The molecule has 1 aliphatic rings. The number of aromatic nitrogens is 1. The number of hydrogen-bond acceptors (Lipinski definition) is 5. The summed E-state index contributed by atoms with van der Waals surface area (Å²) in [5.41, 5.74) is 0.163. The summed E-state index contributed by atoms with van der Waals surface area (Å²) in [7, 11) is 0. The fourth-order valence-corrected chi connectivity index (χ4v) is 3.90. The highest BCUT2D eigenvalue weighted by Gasteiger charge is 2.25. The van der Waals surface area contributed by atoms with Crippen molar-refractivity contribution in [3.05, 3.63) is 67.6 Å². The minimum Gasteiger partial charge on any atom is -0.493 e. The number of fused-ring (bicyclic) bond motifs is 1. The summed E-state index contributed by atoms with van der Waals surface area (Å²) in [5, 5.41) is 11.3. The van der Waals surface area contributed by atoms with Crippen LogP contribution >= 0.6 is 23.6 Å². The van der Waals surface area contributed by atoms with E-state index in [0.717, 1.165) is 11.3 Å². The van der Waals surface area contributed by atoms with Gasteiger partial charge in [0.15, 0.2) is 3.95 Å². The molecule has 8 heteroatoms. The van der Waals surface area contributed by atoms with Gasteiger partial charge in [-0.25, -0.2) is 9.38 Å². The highest BCUT2D eigenvalue weighted by molar-refractivity contribution is 7.73. The van der Waals surface area contributed by atoms with Crippen LogP contribution < -0.4 is 10.6 Å². The minimum absolute atomic E-state index is 0.155. The van der Waals surface area contributed by atoms with E-state index in [4.69, 9.17) is 16.6 Å². The van der Waals surface area contributed by atoms with E-state index in [2.05, 4.69) is 4.99 Å². The lowest BCUT2D eigenvalue weighted by Crippen LogP contribution is -2.23. The third-order valence-electron chi connectivity index (χ3n) is 3.65. The van der Waals surface area contributed by atoms with E-state index in [9.17, 15) is 14.3 Å². The number of hydrogen-bond donors (Lipinski definition) is 1. The van der Waals surface area contributed by atoms with Gasteiger partial charge in [-0.2, -0.15) is 0 Å². The predicted molar refractivity (Wildman–Crippen MR) is 87.3 cm³/mol. The van der Waals surface area contributed by atoms with Gasteiger partial charge in [-0.05, 0) is 42.5 Å². The van der Waals surface area contributed by atoms with Crippen molar-refractivity contribution in [1.29, 1.82) is 0 Å². The number of amides is 1. The molecule has 0 atom stereocenters. The molecule has 0 fully saturated rings. The highest BCUT2D eigenvalue weighted by atomic mass is 32.1. The molecule has 3 aromatic rings. The molecular formula is C16H9FN2O3S2. The van der Waals surface area contributed by atoms with Gasteiger partial charge in [0, 0.05) is 5.22 Å². The highest BCUT2D eigenvalue weighted by Crippen LogP contribution is 2.33. The maximum atomic E-state index is 13.6. The van der Waals surface area contributed by atoms with Gasteiger partial charge in [0.2, 0.25) is 5.88 Å². The summed E-state index contributed by atoms with van der Waals surface area (Å²) in [6.07, 6.45) is 1.52. The molecule has 0 bridgehead atoms. The van der Waals surface area contributed by atoms with Crippen LogP contribution in [0.4, 0.5) is 4.39 Å². The number of nitrogens with zero attached hydrogens (tertiary/aromatic N) is 2. The van der Waals surface area contributed by atoms with Crippen molar-refractivity contribution < 1.29 is 18.7 Å². The third-order valence-corrected chi connectivity index (χ3v) is 5.11. The van der Waals surface area contributed by atoms with Crippen LogP contribution in [0.25, 0.3) is 5.57 Å². The van der Waals surface area contributed by atoms with Gasteiger partial charge in [0.1, 0.15) is 16.5 Å². The monoisotopic (exact) mass is 360 g/mol. The van der Waals surface area contributed by atoms with Gasteiger partial charge in [-0.15, -0.1) is 11.3 Å². The molecule has 1 aliphatic heterocycles. The van der Waals surface area contributed by atoms with Crippen LogP contribution in [0.15, 0.2) is 46.0 Å². The predicted octanol–water partition coefficient (Wildman–Crippen LogP) is 2.12. The number of carbonyl (C=O) groups is 1. The second-order valence-corrected chi connectivity index (χ2v) is 6.78. The smallest absolute Gasteiger partial charge is 0.279 e. The number of rotatable bonds is 3. The molecule has 0 spiro atoms. The number of furan rings is 1. The van der Waals surface area contributed by atoms with E-state index >= 15 is 0 Å². The first-order valence-electron chi connectivity index (χ1n) is 6.93. The Bertz CT molecular complexity index is 1140. The zero-order valence-electron chi connectivity index (χ0n) is 12.0. The number of halogens is 1. The summed E-state index contributed by atoms with van der Waals surface area (Å²) in [6.45, 7) is 0.239. The Hall–Kier alpha value is -2.58. The lowest BCUT2D eigenvalue weighted by atomic mass is 10.1. The second-order valence-electron chi connectivity index (χ2n) is 5.14. The average molecular weight is 360 g/mol. The molecule has 0 saturated heterocycles. The molecule has 0 radical (unpaired) electrons. The van der Waals surface area contributed by atoms with Crippen LogP contribution in [-0.4, -0.2) is 15.6 Å². The molecule has 120 valence electrons. The first-order chi connectivity index (χ1) is 11.5. The topological polar surface area (TPSA) is 67.7 Å². The van der Waals surface area contributed by atoms with E-state index in [0.29, 0.717) is 20.3 Å². The minimum atomic E-state index is -0.521. The Labute approximate surface area is 143 Å². The molecule has 0 unspecified atom stereocenters. The quantitative estimate of drug-likeness (QED) is 0.727. The van der Waals surface area contributed by atoms with Crippen molar-refractivity contribution >= 4 is 35.0 Å². The number of benzene rings is 1. The third kappa shape index (κ3) is 2.31. The normalized spacial score (nSPS) is 13.2. The first-order valence-corrected chi connectivity index (χ1v) is 8.15. The van der Waals surface area contributed by atoms with Gasteiger partial charge in [0.05, 0.1) is 23.7 Å². The van der Waals surface area contributed by atoms with Crippen molar-refractivity contribution in [3.63, 3.8) is 0 Å². The standard InChI is InChI=1S/C16H9FN2O3S2/c17-8-3-4-11-10(6-8)12(14(20)18-11)13-15(21)19(16(23)24-13)7-9-2-1-5-22-9/h1-6,21H,7H2. The van der Waals surface area contributed by atoms with E-state index in [1.165, 1.54) is 29.0 Å². The lowest BCUT2D eigenvalue weighted by molar-refractivity contribution is -0.112. The molecule has 4 rings (SSSR count). The van der Waals surface area contributed by atoms with E-state index in [1.807, 2.05) is 0 Å². The Morgan fingerprint density at radius 2 is 2.21 bits per heavy atom. The van der Waals surface area contributed by atoms with E-state index < -0.39 is 11.7 Å². The van der Waals surface area contributed by atoms with Crippen LogP contribution in [0.1, 0.15) is 10.6 Å². The van der Waals surface area contributed by atoms with E-state index in [1.54, 1.807) is 12.1 Å². The first kappa shape index (κ1) is 15.0. The molecular weight excluding hydrogens is 351 g/mol. The molecule has 24 heavy (non-hydrogen) atoms. The molecule has 1 N–H and O–H groups in total. The van der Waals surface area contributed by atoms with E-state index in [-0.39, 0.29) is 22.9 Å². The number of carbonyl (C=O) groups excluding carboxylic acids is 1. The largest absolute Gasteiger partial charge is 0.493 e. The van der Waals surface area contributed by atoms with Crippen LogP contribution in [-0.2, 0) is 11.3 Å². The second kappa shape index (κ2) is 5.50. The molecule has 5 nitrogen and oxygen atoms in total. The molecule has 2 aromatic heterocycles. The fourth-order valence-electron chi connectivity index (χ4n) is 2.56. The Morgan fingerprint density at radius 1 is 1.38 bits per heavy atom. The van der Waals surface area contributed by atoms with Crippen LogP contribution in [0, 0.1) is 9.77 Å². The van der Waals surface area contributed by atoms with Gasteiger partial charge >= 0.3 is 0 Å². The molecule has 0 saturated carbocycles. The van der Waals surface area contributed by atoms with Crippen molar-refractivity contribution in [2.45, 2.75) is 6.54 Å². The Balaban J connectivity index is 1.93. The summed E-state index contributed by atoms with van der Waals surface area (Å²) in [6, 6.07) is 7.40. The van der Waals surface area contributed by atoms with Gasteiger partial charge in [-0.3, -0.25) is 9.36 Å². The number of aromatic hydroxyl groups is 1. The molecule has 1 amide bonds. The van der Waals surface area contributed by atoms with Crippen molar-refractivity contribution in [1.82, 2.24) is 4.57 Å². The Kier molecular flexibility index (Phi) is 3.43. The fraction of sp³-hybridized carbons (Fsp3) is 0.0625. The maximum absolute atomic E-state index is 13.6. The maximum Gasteiger partial charge on any atom is 0.279 e. The van der Waals surface area contributed by atoms with Crippen LogP contribution in [0.5, 0.6) is 5.88 Å². The SMILES string of the molecule is O=C1N=c2ccc(F)cc2=C1c1sc(=S)n(Cc2ccco2)c1O. The van der Waals surface area contributed by atoms with Crippen molar-refractivity contribution in [3.8, 4) is 5.88 Å². The average Bonchev–Trinajstić information content (AvgIpc) is 3.22. The summed E-state index contributed by atoms with van der Waals surface area (Å²) >= 11 is 6.36. The Morgan fingerprint density at radius 3 is 2.96 bits per heavy atom. The zero-order chi connectivity index (χ0) is 16.8. The van der Waals surface area contributed by atoms with Crippen molar-refractivity contribution in [2.24, 2.45) is 4.99 Å². The van der Waals surface area contributed by atoms with Gasteiger partial charge in [0.25, 0.3) is 5.91 Å². The van der Waals surface area contributed by atoms with Crippen LogP contribution in [0.2, 0.25) is 0 Å². The number of thiazole rings is 1. The van der Waals surface area contributed by atoms with Crippen molar-refractivity contribution in [2.75, 3.05) is 0 Å². The van der Waals surface area contributed by atoms with Gasteiger partial charge < -0.3 is 9.52 Å².